The van der Waals surface area contributed by atoms with E-state index in [0.717, 1.165) is 13.9 Å². The van der Waals surface area contributed by atoms with Gasteiger partial charge in [0.2, 0.25) is 0 Å². The molecule has 0 aromatic carbocycles. The minimum absolute atomic E-state index is 1.13. The van der Waals surface area contributed by atoms with E-state index >= 15 is 0 Å². The summed E-state index contributed by atoms with van der Waals surface area (Å²) in [6.07, 6.45) is 7.18. The number of hydrogen-bond acceptors (Lipinski definition) is 4. The SMILES string of the molecule is CCC[CH2][Ta]([NH2])([CH2]CCC)([CH2]CCC)([N](C)C)([N](C)C)[N](C)C. The third-order valence-electron chi connectivity index (χ3n) is 8.08. The molecule has 2 N–H and O–H groups in total. The van der Waals surface area contributed by atoms with Crippen LogP contribution in [-0.4, -0.2) is 52.2 Å². The molecular weight excluding hydrogens is 453 g/mol. The fourth-order valence-electron chi connectivity index (χ4n) is 5.26. The van der Waals surface area contributed by atoms with Gasteiger partial charge in [-0.05, 0) is 0 Å². The molecule has 0 aliphatic heterocycles. The second-order valence-electron chi connectivity index (χ2n) is 8.88. The first-order valence-corrected chi connectivity index (χ1v) is 22.6. The van der Waals surface area contributed by atoms with Gasteiger partial charge in [0, 0.05) is 0 Å². The van der Waals surface area contributed by atoms with Gasteiger partial charge in [-0.15, -0.1) is 0 Å². The molecule has 0 spiro atoms. The minimum atomic E-state index is -5.08. The van der Waals surface area contributed by atoms with Crippen molar-refractivity contribution < 1.29 is 14.2 Å². The van der Waals surface area contributed by atoms with Gasteiger partial charge in [0.05, 0.1) is 0 Å². The van der Waals surface area contributed by atoms with Crippen molar-refractivity contribution in [3.05, 3.63) is 0 Å². The van der Waals surface area contributed by atoms with Crippen LogP contribution in [0.5, 0.6) is 0 Å². The first kappa shape index (κ1) is 23.6. The van der Waals surface area contributed by atoms with Gasteiger partial charge in [-0.1, -0.05) is 0 Å². The molecule has 0 heterocycles. The average Bonchev–Trinajstić information content (AvgIpc) is 2.50. The summed E-state index contributed by atoms with van der Waals surface area (Å²) < 4.78 is 19.1. The average molecular weight is 501 g/mol. The first-order chi connectivity index (χ1) is 10.4. The maximum atomic E-state index is 8.13. The molecule has 0 radical (unpaired) electrons. The molecule has 0 fully saturated rings. The monoisotopic (exact) mass is 500 g/mol. The first-order valence-electron chi connectivity index (χ1n) is 9.61. The summed E-state index contributed by atoms with van der Waals surface area (Å²) in [7, 11) is 13.6. The molecule has 0 amide bonds. The van der Waals surface area contributed by atoms with Crippen LogP contribution < -0.4 is 4.14 Å². The Labute approximate surface area is 143 Å². The van der Waals surface area contributed by atoms with E-state index in [1.54, 1.807) is 0 Å². The summed E-state index contributed by atoms with van der Waals surface area (Å²) in [6, 6.07) is 0. The summed E-state index contributed by atoms with van der Waals surface area (Å²) in [5.74, 6) is 0. The van der Waals surface area contributed by atoms with E-state index in [0.29, 0.717) is 0 Å². The zero-order chi connectivity index (χ0) is 18.5. The van der Waals surface area contributed by atoms with Crippen LogP contribution in [0, 0.1) is 0 Å². The van der Waals surface area contributed by atoms with Gasteiger partial charge in [0.1, 0.15) is 0 Å². The van der Waals surface area contributed by atoms with Crippen LogP contribution in [0.4, 0.5) is 0 Å². The van der Waals surface area contributed by atoms with Crippen LogP contribution in [0.15, 0.2) is 0 Å². The number of nitrogens with zero attached hydrogens (tertiary/aromatic N) is 3. The van der Waals surface area contributed by atoms with Crippen molar-refractivity contribution in [2.24, 2.45) is 4.14 Å². The molecule has 0 aliphatic rings. The van der Waals surface area contributed by atoms with Crippen LogP contribution in [0.3, 0.4) is 0 Å². The maximum absolute atomic E-state index is 8.13. The Morgan fingerprint density at radius 1 is 0.565 bits per heavy atom. The van der Waals surface area contributed by atoms with Crippen molar-refractivity contribution in [1.29, 1.82) is 0 Å². The molecule has 5 heteroatoms. The molecule has 23 heavy (non-hydrogen) atoms. The Kier molecular flexibility index (Phi) is 6.88. The van der Waals surface area contributed by atoms with Gasteiger partial charge >= 0.3 is 144 Å². The summed E-state index contributed by atoms with van der Waals surface area (Å²) >= 11 is -5.08. The zero-order valence-corrected chi connectivity index (χ0v) is 20.9. The molecule has 0 bridgehead atoms. The molecule has 0 saturated carbocycles. The summed E-state index contributed by atoms with van der Waals surface area (Å²) in [6.45, 7) is 6.87. The number of rotatable bonds is 12. The second-order valence-corrected chi connectivity index (χ2v) is 44.6. The van der Waals surface area contributed by atoms with E-state index in [4.69, 9.17) is 4.14 Å². The van der Waals surface area contributed by atoms with Gasteiger partial charge in [0.15, 0.2) is 0 Å². The summed E-state index contributed by atoms with van der Waals surface area (Å²) in [5, 5.41) is 0. The Bertz CT molecular complexity index is 351. The zero-order valence-electron chi connectivity index (χ0n) is 17.7. The third kappa shape index (κ3) is 2.61. The fourth-order valence-corrected chi connectivity index (χ4v) is 43.1. The predicted octanol–water partition coefficient (Wildman–Crippen LogP) is 4.71. The van der Waals surface area contributed by atoms with Crippen LogP contribution in [0.25, 0.3) is 0 Å². The van der Waals surface area contributed by atoms with Crippen molar-refractivity contribution in [1.82, 2.24) is 9.91 Å². The van der Waals surface area contributed by atoms with Gasteiger partial charge < -0.3 is 0 Å². The van der Waals surface area contributed by atoms with Crippen LogP contribution in [-0.2, 0) is 14.2 Å². The summed E-state index contributed by atoms with van der Waals surface area (Å²) in [4.78, 5) is 0. The molecule has 0 saturated heterocycles. The molecule has 0 atom stereocenters. The summed E-state index contributed by atoms with van der Waals surface area (Å²) in [5.41, 5.74) is 0. The Morgan fingerprint density at radius 3 is 0.913 bits per heavy atom. The van der Waals surface area contributed by atoms with E-state index in [1.807, 2.05) is 0 Å². The molecule has 4 nitrogen and oxygen atoms in total. The number of hydrogen-bond donors (Lipinski definition) is 1. The Morgan fingerprint density at radius 2 is 0.783 bits per heavy atom. The van der Waals surface area contributed by atoms with Crippen LogP contribution in [0.1, 0.15) is 59.3 Å². The van der Waals surface area contributed by atoms with E-state index in [1.165, 1.54) is 38.5 Å². The van der Waals surface area contributed by atoms with Crippen LogP contribution >= 0.6 is 0 Å². The molecule has 0 aliphatic carbocycles. The van der Waals surface area contributed by atoms with Crippen molar-refractivity contribution in [2.45, 2.75) is 73.2 Å². The molecule has 0 unspecified atom stereocenters. The molecule has 0 rings (SSSR count). The molecule has 0 aromatic heterocycles. The van der Waals surface area contributed by atoms with E-state index < -0.39 is 14.2 Å². The van der Waals surface area contributed by atoms with Gasteiger partial charge in [-0.25, -0.2) is 0 Å². The predicted molar refractivity (Wildman–Crippen MR) is 104 cm³/mol. The standard InChI is InChI=1S/3C4H9.3C2H6N.H2N.Ta/c3*1-3-4-2;3*1-3-2;;/h3*1,3-4H2,2H3;3*1-2H3;1H2;/q;;;4*-1;+4. The molecular formula is C18H47N4Ta. The quantitative estimate of drug-likeness (QED) is 0.421. The van der Waals surface area contributed by atoms with E-state index in [9.17, 15) is 0 Å². The van der Waals surface area contributed by atoms with Gasteiger partial charge in [-0.2, -0.15) is 0 Å². The Hall–Kier alpha value is 0.580. The molecule has 144 valence electrons. The van der Waals surface area contributed by atoms with Crippen molar-refractivity contribution >= 4 is 0 Å². The fraction of sp³-hybridized carbons (Fsp3) is 1.00. The normalized spacial score (nSPS) is 18.0. The van der Waals surface area contributed by atoms with Crippen molar-refractivity contribution in [2.75, 3.05) is 42.3 Å². The number of unbranched alkanes of at least 4 members (excludes halogenated alkanes) is 3. The van der Waals surface area contributed by atoms with Gasteiger partial charge in [-0.3, -0.25) is 0 Å². The Balaban J connectivity index is 7.02. The van der Waals surface area contributed by atoms with Gasteiger partial charge in [0.25, 0.3) is 0 Å². The van der Waals surface area contributed by atoms with Crippen molar-refractivity contribution in [3.63, 3.8) is 0 Å². The van der Waals surface area contributed by atoms with E-state index in [-0.39, 0.29) is 0 Å². The molecule has 0 aromatic rings. The number of nitrogens with two attached hydrogens (primary N) is 1. The van der Waals surface area contributed by atoms with Crippen molar-refractivity contribution in [3.8, 4) is 0 Å². The van der Waals surface area contributed by atoms with E-state index in [2.05, 4.69) is 73.0 Å². The van der Waals surface area contributed by atoms with Crippen LogP contribution in [0.2, 0.25) is 13.9 Å². The second kappa shape index (κ2) is 6.71. The topological polar surface area (TPSA) is 35.7 Å². The third-order valence-corrected chi connectivity index (χ3v) is 58.5.